The summed E-state index contributed by atoms with van der Waals surface area (Å²) >= 11 is 6.07. The van der Waals surface area contributed by atoms with Crippen LogP contribution in [0.2, 0.25) is 0 Å². The summed E-state index contributed by atoms with van der Waals surface area (Å²) in [5.74, 6) is 0. The molecule has 0 spiro atoms. The van der Waals surface area contributed by atoms with Crippen LogP contribution < -0.4 is 0 Å². The Kier molecular flexibility index (Phi) is 5.38. The van der Waals surface area contributed by atoms with Crippen LogP contribution in [0.15, 0.2) is 45.5 Å². The molecule has 16 heavy (non-hydrogen) atoms. The van der Waals surface area contributed by atoms with Gasteiger partial charge in [0.05, 0.1) is 0 Å². The zero-order chi connectivity index (χ0) is 10.8. The summed E-state index contributed by atoms with van der Waals surface area (Å²) in [4.78, 5) is 2.93. The normalized spacial score (nSPS) is 11.9. The van der Waals surface area contributed by atoms with E-state index in [1.807, 2.05) is 35.7 Å². The molecule has 1 heterocycles. The van der Waals surface area contributed by atoms with Crippen molar-refractivity contribution < 1.29 is 23.7 Å². The molecule has 0 saturated heterocycles. The summed E-state index contributed by atoms with van der Waals surface area (Å²) in [5.41, 5.74) is 1.06. The van der Waals surface area contributed by atoms with Crippen molar-refractivity contribution in [3.05, 3.63) is 35.7 Å². The van der Waals surface area contributed by atoms with Crippen molar-refractivity contribution in [3.63, 3.8) is 0 Å². The molecule has 0 N–H and O–H groups in total. The third kappa shape index (κ3) is 3.04. The molecule has 0 amide bonds. The molecule has 80 valence electrons. The van der Waals surface area contributed by atoms with Crippen LogP contribution in [-0.4, -0.2) is 10.5 Å². The number of rotatable bonds is 2. The minimum Gasteiger partial charge on any atom is -0.255 e. The predicted molar refractivity (Wildman–Crippen MR) is 69.3 cm³/mol. The van der Waals surface area contributed by atoms with Gasteiger partial charge >= 0.3 is 0 Å². The average Bonchev–Trinajstić information content (AvgIpc) is 2.71. The summed E-state index contributed by atoms with van der Waals surface area (Å²) in [6, 6.07) is 9.75. The molecule has 1 unspecified atom stereocenters. The van der Waals surface area contributed by atoms with E-state index in [2.05, 4.69) is 12.6 Å². The average molecular weight is 320 g/mol. The Balaban J connectivity index is 0.00000128. The summed E-state index contributed by atoms with van der Waals surface area (Å²) in [6.45, 7) is 0. The molecular weight excluding hydrogens is 310 g/mol. The molecule has 0 bridgehead atoms. The van der Waals surface area contributed by atoms with E-state index in [1.165, 1.54) is 0 Å². The quantitative estimate of drug-likeness (QED) is 0.663. The number of thiol groups is 1. The molecule has 1 nitrogen and oxygen atoms in total. The van der Waals surface area contributed by atoms with Crippen LogP contribution in [0.4, 0.5) is 0 Å². The SMILES string of the molecule is CS(=O)c1ccc(S)c(-c2cccs2)c1.[Zn]. The minimum absolute atomic E-state index is 0. The first kappa shape index (κ1) is 14.1. The molecule has 0 aliphatic carbocycles. The summed E-state index contributed by atoms with van der Waals surface area (Å²) in [7, 11) is -0.938. The minimum atomic E-state index is -0.938. The molecule has 1 aromatic carbocycles. The summed E-state index contributed by atoms with van der Waals surface area (Å²) in [5, 5.41) is 2.03. The molecule has 0 aliphatic heterocycles. The van der Waals surface area contributed by atoms with Gasteiger partial charge in [-0.05, 0) is 29.6 Å². The fourth-order valence-corrected chi connectivity index (χ4v) is 2.96. The van der Waals surface area contributed by atoms with Gasteiger partial charge < -0.3 is 0 Å². The van der Waals surface area contributed by atoms with Crippen LogP contribution in [0.1, 0.15) is 0 Å². The van der Waals surface area contributed by atoms with E-state index in [4.69, 9.17) is 0 Å². The van der Waals surface area contributed by atoms with Gasteiger partial charge in [0.15, 0.2) is 0 Å². The molecule has 0 saturated carbocycles. The molecule has 1 aromatic heterocycles. The maximum absolute atomic E-state index is 11.4. The Morgan fingerprint density at radius 1 is 1.31 bits per heavy atom. The number of hydrogen-bond donors (Lipinski definition) is 1. The first-order valence-electron chi connectivity index (χ1n) is 4.39. The van der Waals surface area contributed by atoms with Crippen molar-refractivity contribution in [1.82, 2.24) is 0 Å². The van der Waals surface area contributed by atoms with E-state index in [0.717, 1.165) is 20.2 Å². The van der Waals surface area contributed by atoms with Gasteiger partial charge in [-0.15, -0.1) is 24.0 Å². The molecule has 0 radical (unpaired) electrons. The Morgan fingerprint density at radius 2 is 2.06 bits per heavy atom. The monoisotopic (exact) mass is 318 g/mol. The van der Waals surface area contributed by atoms with E-state index < -0.39 is 10.8 Å². The maximum Gasteiger partial charge on any atom is 0.0498 e. The Hall–Kier alpha value is 0.0434. The molecule has 0 aliphatic rings. The summed E-state index contributed by atoms with van der Waals surface area (Å²) in [6.07, 6.45) is 1.69. The Labute approximate surface area is 120 Å². The fraction of sp³-hybridized carbons (Fsp3) is 0.0909. The van der Waals surface area contributed by atoms with Crippen LogP contribution >= 0.6 is 24.0 Å². The van der Waals surface area contributed by atoms with Gasteiger partial charge in [-0.3, -0.25) is 4.21 Å². The number of hydrogen-bond acceptors (Lipinski definition) is 3. The molecular formula is C11H10OS3Zn. The van der Waals surface area contributed by atoms with Crippen molar-refractivity contribution in [3.8, 4) is 10.4 Å². The van der Waals surface area contributed by atoms with Crippen molar-refractivity contribution in [2.45, 2.75) is 9.79 Å². The van der Waals surface area contributed by atoms with Gasteiger partial charge in [-0.25, -0.2) is 0 Å². The second-order valence-corrected chi connectivity index (χ2v) is 5.92. The second kappa shape index (κ2) is 6.11. The van der Waals surface area contributed by atoms with Crippen molar-refractivity contribution in [2.24, 2.45) is 0 Å². The van der Waals surface area contributed by atoms with Crippen LogP contribution in [0.25, 0.3) is 10.4 Å². The van der Waals surface area contributed by atoms with Crippen molar-refractivity contribution in [2.75, 3.05) is 6.26 Å². The topological polar surface area (TPSA) is 17.1 Å². The standard InChI is InChI=1S/C11H10OS3.Zn/c1-15(12)8-4-5-10(13)9(7-8)11-3-2-6-14-11;/h2-7,13H,1H3;. The predicted octanol–water partition coefficient (Wildman–Crippen LogP) is 3.44. The third-order valence-corrected chi connectivity index (χ3v) is 4.30. The third-order valence-electron chi connectivity index (χ3n) is 2.09. The Bertz CT molecular complexity index is 494. The van der Waals surface area contributed by atoms with Gasteiger partial charge in [0.2, 0.25) is 0 Å². The van der Waals surface area contributed by atoms with Crippen molar-refractivity contribution in [1.29, 1.82) is 0 Å². The smallest absolute Gasteiger partial charge is 0.0498 e. The van der Waals surface area contributed by atoms with Gasteiger partial charge in [0.25, 0.3) is 0 Å². The fourth-order valence-electron chi connectivity index (χ4n) is 1.32. The number of thiophene rings is 1. The van der Waals surface area contributed by atoms with Crippen LogP contribution in [0.5, 0.6) is 0 Å². The molecule has 0 fully saturated rings. The van der Waals surface area contributed by atoms with Crippen molar-refractivity contribution >= 4 is 34.8 Å². The van der Waals surface area contributed by atoms with Gasteiger partial charge in [-0.1, -0.05) is 6.07 Å². The van der Waals surface area contributed by atoms with Crippen LogP contribution in [0, 0.1) is 0 Å². The van der Waals surface area contributed by atoms with E-state index in [0.29, 0.717) is 0 Å². The zero-order valence-electron chi connectivity index (χ0n) is 8.84. The van der Waals surface area contributed by atoms with E-state index >= 15 is 0 Å². The maximum atomic E-state index is 11.4. The first-order chi connectivity index (χ1) is 7.18. The van der Waals surface area contributed by atoms with Gasteiger partial charge in [0, 0.05) is 56.8 Å². The first-order valence-corrected chi connectivity index (χ1v) is 7.27. The molecule has 1 atom stereocenters. The van der Waals surface area contributed by atoms with Gasteiger partial charge in [-0.2, -0.15) is 0 Å². The van der Waals surface area contributed by atoms with Crippen LogP contribution in [-0.2, 0) is 30.3 Å². The largest absolute Gasteiger partial charge is 0.255 e. The summed E-state index contributed by atoms with van der Waals surface area (Å²) < 4.78 is 11.4. The van der Waals surface area contributed by atoms with E-state index in [1.54, 1.807) is 17.6 Å². The number of benzene rings is 1. The molecule has 2 aromatic rings. The van der Waals surface area contributed by atoms with E-state index in [-0.39, 0.29) is 19.5 Å². The second-order valence-electron chi connectivity index (χ2n) is 3.11. The molecule has 2 rings (SSSR count). The Morgan fingerprint density at radius 3 is 2.62 bits per heavy atom. The molecule has 5 heteroatoms. The van der Waals surface area contributed by atoms with Crippen LogP contribution in [0.3, 0.4) is 0 Å². The van der Waals surface area contributed by atoms with E-state index in [9.17, 15) is 4.21 Å². The van der Waals surface area contributed by atoms with Gasteiger partial charge in [0.1, 0.15) is 0 Å². The zero-order valence-corrected chi connectivity index (χ0v) is 14.3.